The van der Waals surface area contributed by atoms with Crippen molar-refractivity contribution in [1.29, 1.82) is 0 Å². The molecule has 0 amide bonds. The van der Waals surface area contributed by atoms with Crippen LogP contribution < -0.4 is 0 Å². The first kappa shape index (κ1) is 7.60. The normalized spacial score (nSPS) is 13.4. The Hall–Kier alpha value is -0.510. The van der Waals surface area contributed by atoms with Crippen molar-refractivity contribution >= 4 is 12.6 Å². The topological polar surface area (TPSA) is 38.9 Å². The van der Waals surface area contributed by atoms with Crippen molar-refractivity contribution in [1.82, 2.24) is 10.1 Å². The molecule has 0 fully saturated rings. The van der Waals surface area contributed by atoms with Gasteiger partial charge in [-0.3, -0.25) is 0 Å². The monoisotopic (exact) mass is 158 g/mol. The molecule has 0 aliphatic heterocycles. The average Bonchev–Trinajstić information content (AvgIpc) is 2.34. The van der Waals surface area contributed by atoms with Gasteiger partial charge >= 0.3 is 0 Å². The third-order valence-electron chi connectivity index (χ3n) is 1.19. The van der Waals surface area contributed by atoms with Crippen molar-refractivity contribution < 1.29 is 4.52 Å². The van der Waals surface area contributed by atoms with Crippen molar-refractivity contribution in [3.8, 4) is 0 Å². The summed E-state index contributed by atoms with van der Waals surface area (Å²) in [6.45, 7) is 2.04. The molecule has 1 aromatic rings. The molecule has 0 bridgehead atoms. The Balaban J connectivity index is 2.28. The zero-order valence-electron chi connectivity index (χ0n) is 5.82. The van der Waals surface area contributed by atoms with Crippen molar-refractivity contribution in [3.63, 3.8) is 0 Å². The molecule has 0 radical (unpaired) electrons. The molecule has 0 aromatic carbocycles. The van der Waals surface area contributed by atoms with Crippen molar-refractivity contribution in [3.05, 3.63) is 12.2 Å². The Labute approximate surface area is 65.2 Å². The lowest BCUT2D eigenvalue weighted by Gasteiger charge is -1.97. The van der Waals surface area contributed by atoms with E-state index in [0.29, 0.717) is 5.25 Å². The lowest BCUT2D eigenvalue weighted by Crippen LogP contribution is -1.95. The third kappa shape index (κ3) is 2.39. The molecular weight excluding hydrogens is 148 g/mol. The smallest absolute Gasteiger partial charge is 0.213 e. The first-order valence-electron chi connectivity index (χ1n) is 3.22. The molecule has 0 N–H and O–H groups in total. The molecule has 56 valence electrons. The summed E-state index contributed by atoms with van der Waals surface area (Å²) >= 11 is 4.22. The van der Waals surface area contributed by atoms with E-state index in [4.69, 9.17) is 0 Å². The lowest BCUT2D eigenvalue weighted by atomic mass is 10.2. The predicted molar refractivity (Wildman–Crippen MR) is 41.1 cm³/mol. The molecule has 4 heteroatoms. The second-order valence-corrected chi connectivity index (χ2v) is 3.12. The standard InChI is InChI=1S/C6H10N2OS/c1-5(10)2-3-6-7-4-9-8-6/h4-5,10H,2-3H2,1H3. The molecule has 1 heterocycles. The first-order chi connectivity index (χ1) is 4.79. The van der Waals surface area contributed by atoms with Gasteiger partial charge in [-0.2, -0.15) is 17.6 Å². The van der Waals surface area contributed by atoms with Gasteiger partial charge in [0.25, 0.3) is 0 Å². The maximum absolute atomic E-state index is 4.56. The molecule has 1 rings (SSSR count). The summed E-state index contributed by atoms with van der Waals surface area (Å²) in [5.41, 5.74) is 0. The van der Waals surface area contributed by atoms with Crippen LogP contribution in [-0.4, -0.2) is 15.4 Å². The molecule has 1 atom stereocenters. The quantitative estimate of drug-likeness (QED) is 0.674. The average molecular weight is 158 g/mol. The number of hydrogen-bond acceptors (Lipinski definition) is 4. The summed E-state index contributed by atoms with van der Waals surface area (Å²) in [4.78, 5) is 3.88. The van der Waals surface area contributed by atoms with E-state index >= 15 is 0 Å². The summed E-state index contributed by atoms with van der Waals surface area (Å²) < 4.78 is 4.56. The first-order valence-corrected chi connectivity index (χ1v) is 3.74. The molecule has 3 nitrogen and oxygen atoms in total. The van der Waals surface area contributed by atoms with Crippen LogP contribution in [0, 0.1) is 0 Å². The number of rotatable bonds is 3. The van der Waals surface area contributed by atoms with E-state index in [1.807, 2.05) is 6.92 Å². The van der Waals surface area contributed by atoms with Crippen LogP contribution >= 0.6 is 12.6 Å². The highest BCUT2D eigenvalue weighted by Gasteiger charge is 1.99. The van der Waals surface area contributed by atoms with E-state index in [1.54, 1.807) is 0 Å². The SMILES string of the molecule is CC(S)CCc1ncon1. The van der Waals surface area contributed by atoms with Crippen molar-refractivity contribution in [2.45, 2.75) is 25.0 Å². The highest BCUT2D eigenvalue weighted by molar-refractivity contribution is 7.80. The maximum Gasteiger partial charge on any atom is 0.213 e. The predicted octanol–water partition coefficient (Wildman–Crippen LogP) is 1.32. The summed E-state index contributed by atoms with van der Waals surface area (Å²) in [6, 6.07) is 0. The summed E-state index contributed by atoms with van der Waals surface area (Å²) in [5, 5.41) is 4.07. The fourth-order valence-electron chi connectivity index (χ4n) is 0.641. The van der Waals surface area contributed by atoms with Crippen molar-refractivity contribution in [2.24, 2.45) is 0 Å². The lowest BCUT2D eigenvalue weighted by molar-refractivity contribution is 0.409. The van der Waals surface area contributed by atoms with Gasteiger partial charge in [-0.1, -0.05) is 12.1 Å². The molecule has 0 aliphatic carbocycles. The van der Waals surface area contributed by atoms with Gasteiger partial charge < -0.3 is 4.52 Å². The molecular formula is C6H10N2OS. The minimum absolute atomic E-state index is 0.401. The van der Waals surface area contributed by atoms with Crippen LogP contribution in [-0.2, 0) is 6.42 Å². The van der Waals surface area contributed by atoms with Gasteiger partial charge in [0.05, 0.1) is 0 Å². The second kappa shape index (κ2) is 3.61. The molecule has 1 aromatic heterocycles. The fraction of sp³-hybridized carbons (Fsp3) is 0.667. The Kier molecular flexibility index (Phi) is 2.74. The molecule has 1 unspecified atom stereocenters. The maximum atomic E-state index is 4.56. The van der Waals surface area contributed by atoms with Gasteiger partial charge in [0.1, 0.15) is 0 Å². The second-order valence-electron chi connectivity index (χ2n) is 2.24. The zero-order valence-corrected chi connectivity index (χ0v) is 6.71. The van der Waals surface area contributed by atoms with Gasteiger partial charge in [0.2, 0.25) is 6.39 Å². The van der Waals surface area contributed by atoms with E-state index < -0.39 is 0 Å². The molecule has 10 heavy (non-hydrogen) atoms. The Morgan fingerprint density at radius 3 is 3.10 bits per heavy atom. The largest absolute Gasteiger partial charge is 0.343 e. The minimum Gasteiger partial charge on any atom is -0.343 e. The highest BCUT2D eigenvalue weighted by atomic mass is 32.1. The van der Waals surface area contributed by atoms with Gasteiger partial charge in [0, 0.05) is 6.42 Å². The van der Waals surface area contributed by atoms with Crippen LogP contribution in [0.5, 0.6) is 0 Å². The summed E-state index contributed by atoms with van der Waals surface area (Å²) in [7, 11) is 0. The van der Waals surface area contributed by atoms with Crippen LogP contribution in [0.2, 0.25) is 0 Å². The fourth-order valence-corrected chi connectivity index (χ4v) is 0.770. The molecule has 0 saturated heterocycles. The van der Waals surface area contributed by atoms with E-state index in [-0.39, 0.29) is 0 Å². The van der Waals surface area contributed by atoms with E-state index in [0.717, 1.165) is 18.7 Å². The van der Waals surface area contributed by atoms with Crippen LogP contribution in [0.4, 0.5) is 0 Å². The highest BCUT2D eigenvalue weighted by Crippen LogP contribution is 2.03. The van der Waals surface area contributed by atoms with Gasteiger partial charge in [0.15, 0.2) is 5.82 Å². The number of aromatic nitrogens is 2. The van der Waals surface area contributed by atoms with Gasteiger partial charge in [-0.05, 0) is 11.7 Å². The molecule has 0 spiro atoms. The summed E-state index contributed by atoms with van der Waals surface area (Å²) in [5.74, 6) is 0.765. The van der Waals surface area contributed by atoms with Crippen molar-refractivity contribution in [2.75, 3.05) is 0 Å². The Bertz CT molecular complexity index is 174. The van der Waals surface area contributed by atoms with Crippen LogP contribution in [0.15, 0.2) is 10.9 Å². The van der Waals surface area contributed by atoms with Crippen LogP contribution in [0.3, 0.4) is 0 Å². The Morgan fingerprint density at radius 1 is 1.80 bits per heavy atom. The van der Waals surface area contributed by atoms with E-state index in [1.165, 1.54) is 6.39 Å². The zero-order chi connectivity index (χ0) is 7.40. The molecule has 0 aliphatic rings. The van der Waals surface area contributed by atoms with E-state index in [2.05, 4.69) is 27.3 Å². The number of hydrogen-bond donors (Lipinski definition) is 1. The minimum atomic E-state index is 0.401. The summed E-state index contributed by atoms with van der Waals surface area (Å²) in [6.07, 6.45) is 3.18. The van der Waals surface area contributed by atoms with Gasteiger partial charge in [-0.25, -0.2) is 0 Å². The third-order valence-corrected chi connectivity index (χ3v) is 1.45. The Morgan fingerprint density at radius 2 is 2.60 bits per heavy atom. The molecule has 0 saturated carbocycles. The number of thiol groups is 1. The van der Waals surface area contributed by atoms with Gasteiger partial charge in [-0.15, -0.1) is 0 Å². The van der Waals surface area contributed by atoms with Crippen LogP contribution in [0.1, 0.15) is 19.2 Å². The number of aryl methyl sites for hydroxylation is 1. The van der Waals surface area contributed by atoms with Crippen LogP contribution in [0.25, 0.3) is 0 Å². The number of nitrogens with zero attached hydrogens (tertiary/aromatic N) is 2. The van der Waals surface area contributed by atoms with E-state index in [9.17, 15) is 0 Å².